The summed E-state index contributed by atoms with van der Waals surface area (Å²) in [4.78, 5) is 38.7. The molecular weight excluding hydrogens is 475 g/mol. The molecule has 0 bridgehead atoms. The van der Waals surface area contributed by atoms with Gasteiger partial charge < -0.3 is 14.8 Å². The highest BCUT2D eigenvalue weighted by Gasteiger charge is 2.34. The number of carbonyl (C=O) groups is 3. The van der Waals surface area contributed by atoms with Crippen LogP contribution in [0.25, 0.3) is 6.08 Å². The Bertz CT molecular complexity index is 1090. The van der Waals surface area contributed by atoms with Crippen molar-refractivity contribution < 1.29 is 23.9 Å². The average molecular weight is 495 g/mol. The maximum atomic E-state index is 12.7. The number of thioether (sulfide) groups is 1. The number of hydrogen-bond donors (Lipinski definition) is 1. The number of methoxy groups -OCH3 is 1. The van der Waals surface area contributed by atoms with Crippen LogP contribution in [0.3, 0.4) is 0 Å². The van der Waals surface area contributed by atoms with Crippen molar-refractivity contribution in [3.05, 3.63) is 62.5 Å². The Balaban J connectivity index is 1.64. The normalized spacial score (nSPS) is 14.8. The van der Waals surface area contributed by atoms with Crippen molar-refractivity contribution in [1.29, 1.82) is 0 Å². The molecule has 1 saturated heterocycles. The number of nitrogens with zero attached hydrogens (tertiary/aromatic N) is 1. The molecule has 2 aromatic carbocycles. The second-order valence-electron chi connectivity index (χ2n) is 6.53. The van der Waals surface area contributed by atoms with E-state index in [-0.39, 0.29) is 33.6 Å². The number of hydrogen-bond acceptors (Lipinski definition) is 6. The first-order chi connectivity index (χ1) is 15.3. The van der Waals surface area contributed by atoms with E-state index < -0.39 is 17.1 Å². The number of nitrogens with one attached hydrogen (secondary N) is 1. The maximum Gasteiger partial charge on any atom is 0.293 e. The van der Waals surface area contributed by atoms with Crippen molar-refractivity contribution >= 4 is 58.1 Å². The first-order valence-electron chi connectivity index (χ1n) is 9.64. The van der Waals surface area contributed by atoms with Crippen LogP contribution in [-0.2, 0) is 4.79 Å². The van der Waals surface area contributed by atoms with Crippen LogP contribution in [0.4, 0.5) is 4.79 Å². The van der Waals surface area contributed by atoms with E-state index in [1.807, 2.05) is 6.92 Å². The molecule has 3 amide bonds. The van der Waals surface area contributed by atoms with Crippen molar-refractivity contribution in [3.8, 4) is 11.5 Å². The molecule has 1 aliphatic heterocycles. The van der Waals surface area contributed by atoms with Gasteiger partial charge in [-0.05, 0) is 54.6 Å². The van der Waals surface area contributed by atoms with Crippen LogP contribution >= 0.6 is 35.0 Å². The average Bonchev–Trinajstić information content (AvgIpc) is 3.04. The Morgan fingerprint density at radius 3 is 2.69 bits per heavy atom. The molecule has 1 N–H and O–H groups in total. The van der Waals surface area contributed by atoms with Gasteiger partial charge in [0.15, 0.2) is 11.5 Å². The lowest BCUT2D eigenvalue weighted by Crippen LogP contribution is -2.37. The third-order valence-electron chi connectivity index (χ3n) is 4.48. The van der Waals surface area contributed by atoms with Gasteiger partial charge in [0, 0.05) is 13.1 Å². The second kappa shape index (κ2) is 10.8. The molecule has 0 aliphatic carbocycles. The first-order valence-corrected chi connectivity index (χ1v) is 11.2. The Kier molecular flexibility index (Phi) is 8.06. The van der Waals surface area contributed by atoms with Gasteiger partial charge in [-0.3, -0.25) is 19.3 Å². The molecule has 0 saturated carbocycles. The fourth-order valence-electron chi connectivity index (χ4n) is 2.95. The van der Waals surface area contributed by atoms with Crippen molar-refractivity contribution in [3.63, 3.8) is 0 Å². The van der Waals surface area contributed by atoms with Crippen molar-refractivity contribution in [2.45, 2.75) is 6.92 Å². The minimum atomic E-state index is -0.443. The summed E-state index contributed by atoms with van der Waals surface area (Å²) in [6.07, 6.45) is 1.62. The van der Waals surface area contributed by atoms with E-state index in [2.05, 4.69) is 5.32 Å². The number of rotatable bonds is 8. The smallest absolute Gasteiger partial charge is 0.293 e. The van der Waals surface area contributed by atoms with Gasteiger partial charge in [-0.25, -0.2) is 0 Å². The quantitative estimate of drug-likeness (QED) is 0.527. The summed E-state index contributed by atoms with van der Waals surface area (Å²) in [6, 6.07) is 9.98. The van der Waals surface area contributed by atoms with Crippen LogP contribution in [0, 0.1) is 0 Å². The number of amides is 3. The standard InChI is InChI=1S/C22H20Cl2N2O5S/c1-3-31-16-8-7-13(11-17(16)30-2)12-18-21(28)26(22(29)32-18)10-9-25-20(27)14-5-4-6-15(23)19(14)24/h4-8,11-12H,3,9-10H2,1-2H3,(H,25,27)/b18-12-. The number of carbonyl (C=O) groups excluding carboxylic acids is 3. The van der Waals surface area contributed by atoms with E-state index >= 15 is 0 Å². The third kappa shape index (κ3) is 5.38. The number of halogens is 2. The highest BCUT2D eigenvalue weighted by molar-refractivity contribution is 8.18. The van der Waals surface area contributed by atoms with Crippen molar-refractivity contribution in [2.75, 3.05) is 26.8 Å². The lowest BCUT2D eigenvalue weighted by atomic mass is 10.2. The van der Waals surface area contributed by atoms with Gasteiger partial charge in [0.1, 0.15) is 0 Å². The minimum Gasteiger partial charge on any atom is -0.493 e. The van der Waals surface area contributed by atoms with Gasteiger partial charge in [0.05, 0.1) is 34.2 Å². The minimum absolute atomic E-state index is 0.0263. The van der Waals surface area contributed by atoms with Gasteiger partial charge in [-0.1, -0.05) is 35.3 Å². The Morgan fingerprint density at radius 2 is 1.97 bits per heavy atom. The van der Waals surface area contributed by atoms with E-state index in [0.717, 1.165) is 16.7 Å². The molecule has 0 radical (unpaired) electrons. The molecule has 0 aromatic heterocycles. The molecule has 1 fully saturated rings. The third-order valence-corrected chi connectivity index (χ3v) is 6.20. The van der Waals surface area contributed by atoms with Crippen LogP contribution in [-0.4, -0.2) is 48.8 Å². The lowest BCUT2D eigenvalue weighted by Gasteiger charge is -2.13. The lowest BCUT2D eigenvalue weighted by molar-refractivity contribution is -0.122. The van der Waals surface area contributed by atoms with Gasteiger partial charge in [0.25, 0.3) is 17.1 Å². The SMILES string of the molecule is CCOc1ccc(/C=C2\SC(=O)N(CCNC(=O)c3cccc(Cl)c3Cl)C2=O)cc1OC. The van der Waals surface area contributed by atoms with Gasteiger partial charge >= 0.3 is 0 Å². The molecule has 3 rings (SSSR count). The van der Waals surface area contributed by atoms with E-state index in [9.17, 15) is 14.4 Å². The molecular formula is C22H20Cl2N2O5S. The number of imide groups is 1. The van der Waals surface area contributed by atoms with Crippen LogP contribution in [0.1, 0.15) is 22.8 Å². The Hall–Kier alpha value is -2.68. The number of ether oxygens (including phenoxy) is 2. The Labute approximate surface area is 199 Å². The van der Waals surface area contributed by atoms with Gasteiger partial charge in [-0.2, -0.15) is 0 Å². The molecule has 32 heavy (non-hydrogen) atoms. The number of benzene rings is 2. The van der Waals surface area contributed by atoms with E-state index in [1.165, 1.54) is 13.2 Å². The molecule has 168 valence electrons. The van der Waals surface area contributed by atoms with E-state index in [0.29, 0.717) is 23.7 Å². The van der Waals surface area contributed by atoms with Crippen molar-refractivity contribution in [1.82, 2.24) is 10.2 Å². The summed E-state index contributed by atoms with van der Waals surface area (Å²) < 4.78 is 10.8. The maximum absolute atomic E-state index is 12.7. The van der Waals surface area contributed by atoms with E-state index in [4.69, 9.17) is 32.7 Å². The highest BCUT2D eigenvalue weighted by Crippen LogP contribution is 2.34. The highest BCUT2D eigenvalue weighted by atomic mass is 35.5. The molecule has 10 heteroatoms. The second-order valence-corrected chi connectivity index (χ2v) is 8.31. The van der Waals surface area contributed by atoms with E-state index in [1.54, 1.807) is 36.4 Å². The Morgan fingerprint density at radius 1 is 1.19 bits per heavy atom. The summed E-state index contributed by atoms with van der Waals surface area (Å²) >= 11 is 12.8. The zero-order valence-corrected chi connectivity index (χ0v) is 19.6. The molecule has 1 heterocycles. The summed E-state index contributed by atoms with van der Waals surface area (Å²) in [5, 5.41) is 2.65. The predicted molar refractivity (Wildman–Crippen MR) is 126 cm³/mol. The topological polar surface area (TPSA) is 84.9 Å². The summed E-state index contributed by atoms with van der Waals surface area (Å²) in [5.41, 5.74) is 0.914. The fourth-order valence-corrected chi connectivity index (χ4v) is 4.20. The fraction of sp³-hybridized carbons (Fsp3) is 0.227. The van der Waals surface area contributed by atoms with Gasteiger partial charge in [-0.15, -0.1) is 0 Å². The zero-order chi connectivity index (χ0) is 23.3. The summed E-state index contributed by atoms with van der Waals surface area (Å²) in [5.74, 6) is 0.252. The van der Waals surface area contributed by atoms with Crippen LogP contribution in [0.5, 0.6) is 11.5 Å². The van der Waals surface area contributed by atoms with Crippen LogP contribution in [0.15, 0.2) is 41.3 Å². The van der Waals surface area contributed by atoms with Crippen LogP contribution < -0.4 is 14.8 Å². The summed E-state index contributed by atoms with van der Waals surface area (Å²) in [7, 11) is 1.53. The van der Waals surface area contributed by atoms with Gasteiger partial charge in [0.2, 0.25) is 0 Å². The van der Waals surface area contributed by atoms with Crippen molar-refractivity contribution in [2.24, 2.45) is 0 Å². The zero-order valence-electron chi connectivity index (χ0n) is 17.3. The monoisotopic (exact) mass is 494 g/mol. The largest absolute Gasteiger partial charge is 0.493 e. The molecule has 0 atom stereocenters. The van der Waals surface area contributed by atoms with Crippen LogP contribution in [0.2, 0.25) is 10.0 Å². The first kappa shape index (κ1) is 24.0. The molecule has 7 nitrogen and oxygen atoms in total. The summed E-state index contributed by atoms with van der Waals surface area (Å²) in [6.45, 7) is 2.46. The molecule has 0 spiro atoms. The molecule has 2 aromatic rings. The molecule has 0 unspecified atom stereocenters. The molecule has 1 aliphatic rings. The predicted octanol–water partition coefficient (Wildman–Crippen LogP) is 4.87.